The lowest BCUT2D eigenvalue weighted by Crippen LogP contribution is -2.14. The zero-order valence-electron chi connectivity index (χ0n) is 22.0. The molecule has 41 heavy (non-hydrogen) atoms. The van der Waals surface area contributed by atoms with Crippen molar-refractivity contribution in [2.24, 2.45) is 0 Å². The Balaban J connectivity index is 1.39. The molecule has 0 fully saturated rings. The molecule has 0 radical (unpaired) electrons. The molecule has 0 aliphatic carbocycles. The molecule has 12 heteroatoms. The number of hydrogen-bond donors (Lipinski definition) is 3. The molecule has 0 atom stereocenters. The molecule has 4 aromatic rings. The van der Waals surface area contributed by atoms with Gasteiger partial charge < -0.3 is 10.1 Å². The highest BCUT2D eigenvalue weighted by Gasteiger charge is 2.17. The SMILES string of the molecule is COc1ccc(NS(=O)(=O)c2ccc(/C=C/C(=O)Nc3cccc(S(=O)(=O)Nc4cc(C)ccc4Br)c3)cc2)cc1. The fourth-order valence-corrected chi connectivity index (χ4v) is 6.30. The number of hydrogen-bond acceptors (Lipinski definition) is 6. The van der Waals surface area contributed by atoms with E-state index in [2.05, 4.69) is 30.7 Å². The van der Waals surface area contributed by atoms with E-state index in [4.69, 9.17) is 4.74 Å². The van der Waals surface area contributed by atoms with Crippen molar-refractivity contribution in [3.63, 3.8) is 0 Å². The number of aryl methyl sites for hydroxylation is 1. The summed E-state index contributed by atoms with van der Waals surface area (Å²) in [6, 6.07) is 23.7. The lowest BCUT2D eigenvalue weighted by molar-refractivity contribution is -0.111. The van der Waals surface area contributed by atoms with Gasteiger partial charge in [0.2, 0.25) is 5.91 Å². The number of anilines is 3. The molecular weight excluding hydrogens is 630 g/mol. The van der Waals surface area contributed by atoms with E-state index < -0.39 is 26.0 Å². The van der Waals surface area contributed by atoms with Crippen LogP contribution in [0.2, 0.25) is 0 Å². The van der Waals surface area contributed by atoms with Crippen LogP contribution >= 0.6 is 15.9 Å². The first-order valence-corrected chi connectivity index (χ1v) is 15.9. The Morgan fingerprint density at radius 1 is 0.780 bits per heavy atom. The van der Waals surface area contributed by atoms with Crippen molar-refractivity contribution >= 4 is 65.0 Å². The number of benzene rings is 4. The molecule has 1 amide bonds. The summed E-state index contributed by atoms with van der Waals surface area (Å²) in [6.45, 7) is 1.85. The minimum absolute atomic E-state index is 0.0206. The predicted octanol–water partition coefficient (Wildman–Crippen LogP) is 6.02. The summed E-state index contributed by atoms with van der Waals surface area (Å²) in [5.41, 5.74) is 2.56. The number of ether oxygens (including phenoxy) is 1. The average molecular weight is 657 g/mol. The van der Waals surface area contributed by atoms with E-state index in [1.807, 2.05) is 13.0 Å². The maximum atomic E-state index is 12.9. The largest absolute Gasteiger partial charge is 0.497 e. The highest BCUT2D eigenvalue weighted by molar-refractivity contribution is 9.10. The summed E-state index contributed by atoms with van der Waals surface area (Å²) in [6.07, 6.45) is 2.78. The molecule has 4 rings (SSSR count). The molecule has 0 heterocycles. The van der Waals surface area contributed by atoms with E-state index in [-0.39, 0.29) is 15.5 Å². The minimum Gasteiger partial charge on any atom is -0.497 e. The third-order valence-corrected chi connectivity index (χ3v) is 9.19. The van der Waals surface area contributed by atoms with Gasteiger partial charge in [0.1, 0.15) is 5.75 Å². The second kappa shape index (κ2) is 12.6. The first-order chi connectivity index (χ1) is 19.4. The molecule has 0 aliphatic heterocycles. The fraction of sp³-hybridized carbons (Fsp3) is 0.0690. The topological polar surface area (TPSA) is 131 Å². The fourth-order valence-electron chi connectivity index (χ4n) is 3.65. The van der Waals surface area contributed by atoms with Crippen molar-refractivity contribution in [1.29, 1.82) is 0 Å². The number of amides is 1. The Hall–Kier alpha value is -4.13. The molecule has 0 unspecified atom stereocenters. The van der Waals surface area contributed by atoms with Crippen LogP contribution < -0.4 is 19.5 Å². The van der Waals surface area contributed by atoms with Gasteiger partial charge in [0.15, 0.2) is 0 Å². The van der Waals surface area contributed by atoms with Gasteiger partial charge in [0, 0.05) is 21.9 Å². The summed E-state index contributed by atoms with van der Waals surface area (Å²) >= 11 is 3.34. The van der Waals surface area contributed by atoms with Crippen molar-refractivity contribution in [3.8, 4) is 5.75 Å². The number of rotatable bonds is 10. The van der Waals surface area contributed by atoms with Gasteiger partial charge >= 0.3 is 0 Å². The molecule has 0 aromatic heterocycles. The van der Waals surface area contributed by atoms with Crippen molar-refractivity contribution in [1.82, 2.24) is 0 Å². The van der Waals surface area contributed by atoms with Gasteiger partial charge in [0.25, 0.3) is 20.0 Å². The van der Waals surface area contributed by atoms with Gasteiger partial charge in [0.05, 0.1) is 22.6 Å². The van der Waals surface area contributed by atoms with E-state index in [9.17, 15) is 21.6 Å². The summed E-state index contributed by atoms with van der Waals surface area (Å²) in [4.78, 5) is 12.5. The maximum Gasteiger partial charge on any atom is 0.262 e. The van der Waals surface area contributed by atoms with Crippen molar-refractivity contribution in [2.45, 2.75) is 16.7 Å². The van der Waals surface area contributed by atoms with Crippen LogP contribution in [0.25, 0.3) is 6.08 Å². The van der Waals surface area contributed by atoms with Gasteiger partial charge in [-0.3, -0.25) is 14.2 Å². The van der Waals surface area contributed by atoms with Crippen LogP contribution in [0, 0.1) is 6.92 Å². The van der Waals surface area contributed by atoms with Crippen LogP contribution in [0.3, 0.4) is 0 Å². The van der Waals surface area contributed by atoms with Gasteiger partial charge in [-0.15, -0.1) is 0 Å². The van der Waals surface area contributed by atoms with Crippen LogP contribution in [-0.4, -0.2) is 29.9 Å². The summed E-state index contributed by atoms with van der Waals surface area (Å²) in [5, 5.41) is 2.64. The van der Waals surface area contributed by atoms with E-state index in [0.29, 0.717) is 27.2 Å². The van der Waals surface area contributed by atoms with Gasteiger partial charge in [-0.25, -0.2) is 16.8 Å². The Bertz CT molecular complexity index is 1810. The molecule has 3 N–H and O–H groups in total. The summed E-state index contributed by atoms with van der Waals surface area (Å²) in [7, 11) is -6.21. The predicted molar refractivity (Wildman–Crippen MR) is 164 cm³/mol. The Morgan fingerprint density at radius 2 is 1.46 bits per heavy atom. The van der Waals surface area contributed by atoms with Crippen molar-refractivity contribution in [2.75, 3.05) is 21.9 Å². The monoisotopic (exact) mass is 655 g/mol. The Kier molecular flexibility index (Phi) is 9.16. The lowest BCUT2D eigenvalue weighted by Gasteiger charge is -2.12. The quantitative estimate of drug-likeness (QED) is 0.179. The molecule has 0 saturated carbocycles. The van der Waals surface area contributed by atoms with Crippen molar-refractivity contribution < 1.29 is 26.4 Å². The number of carbonyl (C=O) groups is 1. The van der Waals surface area contributed by atoms with E-state index in [0.717, 1.165) is 5.56 Å². The van der Waals surface area contributed by atoms with Crippen molar-refractivity contribution in [3.05, 3.63) is 113 Å². The lowest BCUT2D eigenvalue weighted by atomic mass is 10.2. The normalized spacial score (nSPS) is 11.7. The van der Waals surface area contributed by atoms with E-state index in [1.165, 1.54) is 49.6 Å². The summed E-state index contributed by atoms with van der Waals surface area (Å²) in [5.74, 6) is 0.112. The number of halogens is 1. The molecule has 9 nitrogen and oxygen atoms in total. The first-order valence-electron chi connectivity index (χ1n) is 12.1. The smallest absolute Gasteiger partial charge is 0.262 e. The highest BCUT2D eigenvalue weighted by Crippen LogP contribution is 2.27. The number of methoxy groups -OCH3 is 1. The van der Waals surface area contributed by atoms with Gasteiger partial charge in [-0.2, -0.15) is 0 Å². The zero-order chi connectivity index (χ0) is 29.6. The molecule has 0 saturated heterocycles. The zero-order valence-corrected chi connectivity index (χ0v) is 25.2. The minimum atomic E-state index is -3.91. The third kappa shape index (κ3) is 7.97. The molecule has 0 bridgehead atoms. The first kappa shape index (κ1) is 29.8. The number of sulfonamides is 2. The number of carbonyl (C=O) groups excluding carboxylic acids is 1. The van der Waals surface area contributed by atoms with Gasteiger partial charge in [-0.05, 0) is 107 Å². The summed E-state index contributed by atoms with van der Waals surface area (Å²) < 4.78 is 62.0. The number of nitrogens with one attached hydrogen (secondary N) is 3. The second-order valence-electron chi connectivity index (χ2n) is 8.84. The molecule has 212 valence electrons. The van der Waals surface area contributed by atoms with Crippen LogP contribution in [0.4, 0.5) is 17.1 Å². The van der Waals surface area contributed by atoms with Gasteiger partial charge in [-0.1, -0.05) is 24.3 Å². The highest BCUT2D eigenvalue weighted by atomic mass is 79.9. The van der Waals surface area contributed by atoms with E-state index in [1.54, 1.807) is 54.6 Å². The van der Waals surface area contributed by atoms with Crippen LogP contribution in [0.15, 0.2) is 111 Å². The third-order valence-electron chi connectivity index (χ3n) is 5.74. The van der Waals surface area contributed by atoms with Crippen LogP contribution in [0.1, 0.15) is 11.1 Å². The average Bonchev–Trinajstić information content (AvgIpc) is 2.94. The van der Waals surface area contributed by atoms with Crippen LogP contribution in [0.5, 0.6) is 5.75 Å². The molecule has 4 aromatic carbocycles. The second-order valence-corrected chi connectivity index (χ2v) is 13.1. The van der Waals surface area contributed by atoms with E-state index >= 15 is 0 Å². The molecule has 0 spiro atoms. The van der Waals surface area contributed by atoms with Crippen LogP contribution in [-0.2, 0) is 24.8 Å². The Morgan fingerprint density at radius 3 is 2.15 bits per heavy atom. The Labute approximate surface area is 247 Å². The molecular formula is C29H26BrN3O6S2. The molecule has 0 aliphatic rings. The maximum absolute atomic E-state index is 12.9. The standard InChI is InChI=1S/C29H26BrN3O6S2/c1-20-6-16-27(30)28(18-20)33-41(37,38)26-5-3-4-23(19-26)31-29(34)17-9-21-7-14-25(15-8-21)40(35,36)32-22-10-12-24(39-2)13-11-22/h3-19,32-33H,1-2H3,(H,31,34)/b17-9+.